The Bertz CT molecular complexity index is 811. The lowest BCUT2D eigenvalue weighted by atomic mass is 9.86. The Kier molecular flexibility index (Phi) is 7.06. The summed E-state index contributed by atoms with van der Waals surface area (Å²) in [6, 6.07) is 6.82. The second-order valence-electron chi connectivity index (χ2n) is 8.75. The summed E-state index contributed by atoms with van der Waals surface area (Å²) in [4.78, 5) is 49.8. The smallest absolute Gasteiger partial charge is 0.435 e. The summed E-state index contributed by atoms with van der Waals surface area (Å²) in [6.45, 7) is 9.54. The van der Waals surface area contributed by atoms with Gasteiger partial charge in [0.2, 0.25) is 0 Å². The molecule has 2 unspecified atom stereocenters. The second-order valence-corrected chi connectivity index (χ2v) is 10.1. The largest absolute Gasteiger partial charge is 0.521 e. The fraction of sp³-hybridized carbons (Fsp3) is 0.545. The normalized spacial score (nSPS) is 22.9. The van der Waals surface area contributed by atoms with E-state index in [1.165, 1.54) is 6.92 Å². The third-order valence-corrected chi connectivity index (χ3v) is 6.66. The number of hydrogen-bond acceptors (Lipinski definition) is 5. The van der Waals surface area contributed by atoms with Crippen molar-refractivity contribution in [3.8, 4) is 0 Å². The van der Waals surface area contributed by atoms with Gasteiger partial charge in [0.1, 0.15) is 6.04 Å². The summed E-state index contributed by atoms with van der Waals surface area (Å²) in [6.07, 6.45) is -0.175. The lowest BCUT2D eigenvalue weighted by Gasteiger charge is -2.30. The van der Waals surface area contributed by atoms with Crippen LogP contribution < -0.4 is 0 Å². The minimum Gasteiger partial charge on any atom is -0.435 e. The molecule has 0 spiro atoms. The van der Waals surface area contributed by atoms with E-state index in [9.17, 15) is 24.3 Å². The fourth-order valence-corrected chi connectivity index (χ4v) is 4.74. The SMILES string of the molecule is CC(=O)SC(CC(=O)[N+]1(C(=O)O)CCC[C@H]1C)C(=O)c1ccc(C(C)(C)C)cc1. The zero-order valence-electron chi connectivity index (χ0n) is 17.7. The number of amides is 2. The third-order valence-electron chi connectivity index (χ3n) is 5.67. The maximum absolute atomic E-state index is 13.1. The molecular weight excluding hydrogens is 390 g/mol. The highest BCUT2D eigenvalue weighted by Gasteiger charge is 2.53. The maximum Gasteiger partial charge on any atom is 0.521 e. The highest BCUT2D eigenvalue weighted by atomic mass is 32.2. The van der Waals surface area contributed by atoms with Crippen molar-refractivity contribution < 1.29 is 28.8 Å². The van der Waals surface area contributed by atoms with E-state index in [0.717, 1.165) is 17.3 Å². The van der Waals surface area contributed by atoms with E-state index in [2.05, 4.69) is 20.8 Å². The van der Waals surface area contributed by atoms with Gasteiger partial charge in [-0.25, -0.2) is 4.79 Å². The Hall–Kier alpha value is -1.99. The van der Waals surface area contributed by atoms with Crippen LogP contribution in [0.3, 0.4) is 0 Å². The number of ketones is 1. The Balaban J connectivity index is 2.29. The van der Waals surface area contributed by atoms with Crippen LogP contribution in [0, 0.1) is 0 Å². The summed E-state index contributed by atoms with van der Waals surface area (Å²) in [5.74, 6) is -0.838. The summed E-state index contributed by atoms with van der Waals surface area (Å²) in [7, 11) is 0. The predicted octanol–water partition coefficient (Wildman–Crippen LogP) is 4.41. The van der Waals surface area contributed by atoms with Crippen LogP contribution in [0.15, 0.2) is 24.3 Å². The van der Waals surface area contributed by atoms with Crippen LogP contribution >= 0.6 is 11.8 Å². The van der Waals surface area contributed by atoms with Gasteiger partial charge in [-0.15, -0.1) is 0 Å². The number of carbonyl (C=O) groups is 4. The van der Waals surface area contributed by atoms with Crippen LogP contribution in [0.25, 0.3) is 0 Å². The van der Waals surface area contributed by atoms with Gasteiger partial charge >= 0.3 is 12.0 Å². The van der Waals surface area contributed by atoms with Gasteiger partial charge in [-0.3, -0.25) is 9.59 Å². The first-order chi connectivity index (χ1) is 13.4. The summed E-state index contributed by atoms with van der Waals surface area (Å²) < 4.78 is -0.662. The van der Waals surface area contributed by atoms with Gasteiger partial charge < -0.3 is 5.11 Å². The molecule has 1 fully saturated rings. The van der Waals surface area contributed by atoms with Crippen LogP contribution in [-0.2, 0) is 15.0 Å². The lowest BCUT2D eigenvalue weighted by Crippen LogP contribution is -2.59. The van der Waals surface area contributed by atoms with Gasteiger partial charge in [0.15, 0.2) is 10.9 Å². The molecule has 29 heavy (non-hydrogen) atoms. The highest BCUT2D eigenvalue weighted by Crippen LogP contribution is 2.32. The van der Waals surface area contributed by atoms with E-state index in [1.807, 2.05) is 12.1 Å². The Morgan fingerprint density at radius 3 is 2.17 bits per heavy atom. The van der Waals surface area contributed by atoms with E-state index in [-0.39, 0.29) is 35.3 Å². The maximum atomic E-state index is 13.1. The molecule has 1 aromatic carbocycles. The molecule has 1 N–H and O–H groups in total. The topological polar surface area (TPSA) is 88.5 Å². The molecular formula is C22H30NO5S+. The van der Waals surface area contributed by atoms with Crippen molar-refractivity contribution in [3.05, 3.63) is 35.4 Å². The number of rotatable bonds is 5. The Labute approximate surface area is 176 Å². The number of quaternary nitrogens is 1. The predicted molar refractivity (Wildman–Crippen MR) is 113 cm³/mol. The number of carbonyl (C=O) groups excluding carboxylic acids is 3. The molecule has 1 aromatic rings. The van der Waals surface area contributed by atoms with Gasteiger partial charge in [0.25, 0.3) is 0 Å². The van der Waals surface area contributed by atoms with Crippen molar-refractivity contribution in [2.75, 3.05) is 6.54 Å². The van der Waals surface area contributed by atoms with Crippen molar-refractivity contribution in [1.29, 1.82) is 0 Å². The Morgan fingerprint density at radius 2 is 1.76 bits per heavy atom. The Morgan fingerprint density at radius 1 is 1.17 bits per heavy atom. The molecule has 2 amide bonds. The molecule has 0 aliphatic carbocycles. The van der Waals surface area contributed by atoms with Crippen molar-refractivity contribution in [2.45, 2.75) is 70.6 Å². The first kappa shape index (κ1) is 23.3. The summed E-state index contributed by atoms with van der Waals surface area (Å²) in [5.41, 5.74) is 1.43. The van der Waals surface area contributed by atoms with Gasteiger partial charge in [0, 0.05) is 25.3 Å². The molecule has 7 heteroatoms. The molecule has 1 heterocycles. The molecule has 1 aliphatic heterocycles. The molecule has 158 valence electrons. The highest BCUT2D eigenvalue weighted by molar-refractivity contribution is 8.14. The van der Waals surface area contributed by atoms with Gasteiger partial charge in [-0.05, 0) is 17.9 Å². The van der Waals surface area contributed by atoms with Crippen molar-refractivity contribution >= 4 is 34.7 Å². The van der Waals surface area contributed by atoms with Crippen molar-refractivity contribution in [2.24, 2.45) is 0 Å². The number of Topliss-reactive ketones (excluding diaryl/α,β-unsaturated/α-hetero) is 1. The van der Waals surface area contributed by atoms with Gasteiger partial charge in [0.05, 0.1) is 18.2 Å². The second kappa shape index (κ2) is 8.79. The summed E-state index contributed by atoms with van der Waals surface area (Å²) >= 11 is 0.799. The van der Waals surface area contributed by atoms with E-state index in [4.69, 9.17) is 0 Å². The molecule has 0 aromatic heterocycles. The number of nitrogens with zero attached hydrogens (tertiary/aromatic N) is 1. The average Bonchev–Trinajstić information content (AvgIpc) is 3.02. The fourth-order valence-electron chi connectivity index (χ4n) is 3.87. The number of thioether (sulfide) groups is 1. The first-order valence-corrected chi connectivity index (χ1v) is 10.7. The van der Waals surface area contributed by atoms with Crippen LogP contribution in [0.2, 0.25) is 0 Å². The standard InChI is InChI=1S/C22H29NO5S/c1-14-7-6-12-23(14,21(27)28)19(25)13-18(29-15(2)24)20(26)16-8-10-17(11-9-16)22(3,4)5/h8-11,14,18H,6-7,12-13H2,1-5H3/p+1/t14-,18?,23?/m1/s1. The number of hydrogen-bond donors (Lipinski definition) is 1. The van der Waals surface area contributed by atoms with E-state index < -0.39 is 21.7 Å². The molecule has 3 atom stereocenters. The molecule has 6 nitrogen and oxygen atoms in total. The molecule has 0 saturated carbocycles. The molecule has 2 rings (SSSR count). The van der Waals surface area contributed by atoms with Crippen molar-refractivity contribution in [1.82, 2.24) is 0 Å². The van der Waals surface area contributed by atoms with Gasteiger partial charge in [-0.2, -0.15) is 9.28 Å². The van der Waals surface area contributed by atoms with E-state index in [1.54, 1.807) is 19.1 Å². The third kappa shape index (κ3) is 4.95. The minimum absolute atomic E-state index is 0.0605. The zero-order chi connectivity index (χ0) is 22.0. The first-order valence-electron chi connectivity index (χ1n) is 9.86. The monoisotopic (exact) mass is 420 g/mol. The van der Waals surface area contributed by atoms with Crippen LogP contribution in [-0.4, -0.2) is 50.3 Å². The molecule has 0 bridgehead atoms. The number of benzene rings is 1. The van der Waals surface area contributed by atoms with Gasteiger partial charge in [-0.1, -0.05) is 56.8 Å². The zero-order valence-corrected chi connectivity index (χ0v) is 18.5. The molecule has 0 radical (unpaired) electrons. The van der Waals surface area contributed by atoms with E-state index >= 15 is 0 Å². The number of carboxylic acid groups (broad SMARTS) is 1. The van der Waals surface area contributed by atoms with Crippen LogP contribution in [0.1, 0.15) is 69.8 Å². The molecule has 1 aliphatic rings. The van der Waals surface area contributed by atoms with Crippen molar-refractivity contribution in [3.63, 3.8) is 0 Å². The summed E-state index contributed by atoms with van der Waals surface area (Å²) in [5, 5.41) is 8.55. The minimum atomic E-state index is -1.19. The van der Waals surface area contributed by atoms with Crippen LogP contribution in [0.4, 0.5) is 4.79 Å². The number of likely N-dealkylation sites (tertiary alicyclic amines) is 1. The average molecular weight is 421 g/mol. The quantitative estimate of drug-likeness (QED) is 0.561. The lowest BCUT2D eigenvalue weighted by molar-refractivity contribution is -0.792. The van der Waals surface area contributed by atoms with Crippen LogP contribution in [0.5, 0.6) is 0 Å². The molecule has 1 saturated heterocycles. The van der Waals surface area contributed by atoms with E-state index in [0.29, 0.717) is 18.4 Å². The number of imide groups is 1.